The van der Waals surface area contributed by atoms with Gasteiger partial charge in [0.15, 0.2) is 5.11 Å². The smallest absolute Gasteiger partial charge is 0.174 e. The fraction of sp³-hybridized carbons (Fsp3) is 0.0833. The van der Waals surface area contributed by atoms with Gasteiger partial charge in [0.05, 0.1) is 11.7 Å². The number of anilines is 1. The Morgan fingerprint density at radius 2 is 1.74 bits per heavy atom. The fourth-order valence-corrected chi connectivity index (χ4v) is 4.16. The van der Waals surface area contributed by atoms with Gasteiger partial charge in [0.2, 0.25) is 0 Å². The minimum Gasteiger partial charge on any atom is -0.508 e. The summed E-state index contributed by atoms with van der Waals surface area (Å²) in [6.07, 6.45) is 1.74. The topological polar surface area (TPSA) is 61.5 Å². The molecule has 0 saturated carbocycles. The molecule has 7 heteroatoms. The van der Waals surface area contributed by atoms with Crippen molar-refractivity contribution in [2.24, 2.45) is 0 Å². The van der Waals surface area contributed by atoms with Crippen LogP contribution in [0.5, 0.6) is 5.75 Å². The maximum absolute atomic E-state index is 13.3. The summed E-state index contributed by atoms with van der Waals surface area (Å²) < 4.78 is 19.5. The number of pyridine rings is 1. The summed E-state index contributed by atoms with van der Waals surface area (Å²) in [4.78, 5) is 6.48. The summed E-state index contributed by atoms with van der Waals surface area (Å²) in [5.74, 6) is 1.21. The molecular formula is C24H18FN3O2S. The lowest BCUT2D eigenvalue weighted by molar-refractivity contribution is 0.439. The quantitative estimate of drug-likeness (QED) is 0.424. The van der Waals surface area contributed by atoms with E-state index < -0.39 is 0 Å². The number of nitrogens with zero attached hydrogens (tertiary/aromatic N) is 2. The Hall–Kier alpha value is -3.71. The predicted octanol–water partition coefficient (Wildman–Crippen LogP) is 5.36. The van der Waals surface area contributed by atoms with Gasteiger partial charge in [0, 0.05) is 17.4 Å². The summed E-state index contributed by atoms with van der Waals surface area (Å²) >= 11 is 5.67. The molecule has 0 spiro atoms. The van der Waals surface area contributed by atoms with Crippen LogP contribution in [0.25, 0.3) is 11.3 Å². The maximum Gasteiger partial charge on any atom is 0.174 e. The highest BCUT2D eigenvalue weighted by atomic mass is 32.1. The van der Waals surface area contributed by atoms with E-state index in [2.05, 4.69) is 10.3 Å². The molecule has 31 heavy (non-hydrogen) atoms. The lowest BCUT2D eigenvalue weighted by Gasteiger charge is -2.26. The van der Waals surface area contributed by atoms with Crippen LogP contribution in [-0.2, 0) is 0 Å². The standard InChI is InChI=1S/C24H18FN3O2S/c25-16-6-4-15(5-7-16)20-12-13-21(30-20)23-22(19-3-1-2-14-26-19)27-24(31)28(23)17-8-10-18(29)11-9-17/h1-14,22-23,29H,(H,27,31). The van der Waals surface area contributed by atoms with Crippen LogP contribution in [-0.4, -0.2) is 15.2 Å². The number of thiocarbonyl (C=S) groups is 1. The number of phenolic OH excluding ortho intramolecular Hbond substituents is 1. The maximum atomic E-state index is 13.3. The van der Waals surface area contributed by atoms with Crippen molar-refractivity contribution in [1.29, 1.82) is 0 Å². The normalized spacial score (nSPS) is 18.2. The average Bonchev–Trinajstić information content (AvgIpc) is 3.40. The zero-order valence-corrected chi connectivity index (χ0v) is 17.1. The molecule has 1 aliphatic heterocycles. The first-order chi connectivity index (χ1) is 15.1. The first-order valence-electron chi connectivity index (χ1n) is 9.75. The molecule has 2 aromatic heterocycles. The van der Waals surface area contributed by atoms with E-state index in [-0.39, 0.29) is 23.7 Å². The van der Waals surface area contributed by atoms with Crippen molar-refractivity contribution in [3.8, 4) is 17.1 Å². The first kappa shape index (κ1) is 19.3. The third-order valence-corrected chi connectivity index (χ3v) is 5.59. The van der Waals surface area contributed by atoms with E-state index in [9.17, 15) is 9.50 Å². The van der Waals surface area contributed by atoms with Crippen molar-refractivity contribution in [1.82, 2.24) is 10.3 Å². The molecule has 154 valence electrons. The van der Waals surface area contributed by atoms with Gasteiger partial charge in [-0.2, -0.15) is 0 Å². The number of hydrogen-bond acceptors (Lipinski definition) is 4. The molecule has 2 N–H and O–H groups in total. The molecule has 3 heterocycles. The molecule has 0 radical (unpaired) electrons. The Bertz CT molecular complexity index is 1210. The van der Waals surface area contributed by atoms with Gasteiger partial charge in [-0.1, -0.05) is 6.07 Å². The van der Waals surface area contributed by atoms with Crippen LogP contribution in [0.4, 0.5) is 10.1 Å². The van der Waals surface area contributed by atoms with Crippen molar-refractivity contribution in [2.45, 2.75) is 12.1 Å². The minimum atomic E-state index is -0.304. The molecule has 2 atom stereocenters. The van der Waals surface area contributed by atoms with E-state index in [4.69, 9.17) is 16.6 Å². The molecule has 1 aliphatic rings. The third-order valence-electron chi connectivity index (χ3n) is 5.27. The lowest BCUT2D eigenvalue weighted by Crippen LogP contribution is -2.29. The van der Waals surface area contributed by atoms with E-state index in [1.54, 1.807) is 42.6 Å². The van der Waals surface area contributed by atoms with Crippen molar-refractivity contribution in [3.05, 3.63) is 102 Å². The number of nitrogens with one attached hydrogen (secondary N) is 1. The average molecular weight is 431 g/mol. The van der Waals surface area contributed by atoms with Crippen LogP contribution < -0.4 is 10.2 Å². The van der Waals surface area contributed by atoms with Crippen molar-refractivity contribution in [3.63, 3.8) is 0 Å². The predicted molar refractivity (Wildman–Crippen MR) is 120 cm³/mol. The van der Waals surface area contributed by atoms with Crippen LogP contribution in [0, 0.1) is 5.82 Å². The highest BCUT2D eigenvalue weighted by Crippen LogP contribution is 2.43. The minimum absolute atomic E-state index is 0.177. The second-order valence-corrected chi connectivity index (χ2v) is 7.61. The van der Waals surface area contributed by atoms with Gasteiger partial charge in [-0.15, -0.1) is 0 Å². The van der Waals surface area contributed by atoms with E-state index in [0.29, 0.717) is 16.6 Å². The highest BCUT2D eigenvalue weighted by molar-refractivity contribution is 7.80. The van der Waals surface area contributed by atoms with Gasteiger partial charge >= 0.3 is 0 Å². The molecule has 2 aromatic carbocycles. The first-order valence-corrected chi connectivity index (χ1v) is 10.2. The second-order valence-electron chi connectivity index (χ2n) is 7.22. The van der Waals surface area contributed by atoms with E-state index in [1.165, 1.54) is 12.1 Å². The van der Waals surface area contributed by atoms with Crippen LogP contribution in [0.2, 0.25) is 0 Å². The Morgan fingerprint density at radius 1 is 0.968 bits per heavy atom. The molecular weight excluding hydrogens is 413 g/mol. The summed E-state index contributed by atoms with van der Waals surface area (Å²) in [7, 11) is 0. The number of aromatic nitrogens is 1. The summed E-state index contributed by atoms with van der Waals surface area (Å²) in [5, 5.41) is 13.6. The van der Waals surface area contributed by atoms with Gasteiger partial charge in [0.1, 0.15) is 29.1 Å². The molecule has 1 saturated heterocycles. The monoisotopic (exact) mass is 431 g/mol. The zero-order chi connectivity index (χ0) is 21.4. The molecule has 4 aromatic rings. The van der Waals surface area contributed by atoms with Gasteiger partial charge in [-0.05, 0) is 85.0 Å². The summed E-state index contributed by atoms with van der Waals surface area (Å²) in [5.41, 5.74) is 2.43. The van der Waals surface area contributed by atoms with Crippen molar-refractivity contribution in [2.75, 3.05) is 4.90 Å². The Morgan fingerprint density at radius 3 is 2.45 bits per heavy atom. The summed E-state index contributed by atoms with van der Waals surface area (Å²) in [6.45, 7) is 0. The number of phenols is 1. The molecule has 5 nitrogen and oxygen atoms in total. The molecule has 2 unspecified atom stereocenters. The molecule has 0 amide bonds. The Kier molecular flexibility index (Phi) is 4.88. The highest BCUT2D eigenvalue weighted by Gasteiger charge is 2.42. The molecule has 0 bridgehead atoms. The lowest BCUT2D eigenvalue weighted by atomic mass is 10.0. The van der Waals surface area contributed by atoms with Crippen molar-refractivity contribution < 1.29 is 13.9 Å². The third kappa shape index (κ3) is 3.64. The number of furan rings is 1. The van der Waals surface area contributed by atoms with E-state index >= 15 is 0 Å². The van der Waals surface area contributed by atoms with Gasteiger partial charge in [0.25, 0.3) is 0 Å². The SMILES string of the molecule is Oc1ccc(N2C(=S)NC(c3ccccn3)C2c2ccc(-c3ccc(F)cc3)o2)cc1. The number of aromatic hydroxyl groups is 1. The largest absolute Gasteiger partial charge is 0.508 e. The number of hydrogen-bond donors (Lipinski definition) is 2. The van der Waals surface area contributed by atoms with Gasteiger partial charge in [-0.3, -0.25) is 4.98 Å². The Labute approximate surface area is 183 Å². The number of halogens is 1. The number of rotatable bonds is 4. The van der Waals surface area contributed by atoms with Gasteiger partial charge < -0.3 is 19.7 Å². The van der Waals surface area contributed by atoms with E-state index in [0.717, 1.165) is 16.9 Å². The number of benzene rings is 2. The molecule has 0 aliphatic carbocycles. The van der Waals surface area contributed by atoms with Crippen LogP contribution in [0.1, 0.15) is 23.5 Å². The molecule has 5 rings (SSSR count). The Balaban J connectivity index is 1.59. The summed E-state index contributed by atoms with van der Waals surface area (Å²) in [6, 6.07) is 22.0. The van der Waals surface area contributed by atoms with Crippen LogP contribution in [0.15, 0.2) is 89.5 Å². The van der Waals surface area contributed by atoms with Crippen LogP contribution in [0.3, 0.4) is 0 Å². The second kappa shape index (κ2) is 7.85. The zero-order valence-electron chi connectivity index (χ0n) is 16.3. The molecule has 1 fully saturated rings. The van der Waals surface area contributed by atoms with Gasteiger partial charge in [-0.25, -0.2) is 4.39 Å². The van der Waals surface area contributed by atoms with Crippen molar-refractivity contribution >= 4 is 23.0 Å². The van der Waals surface area contributed by atoms with E-state index in [1.807, 2.05) is 35.2 Å². The fourth-order valence-electron chi connectivity index (χ4n) is 3.82. The van der Waals surface area contributed by atoms with Crippen LogP contribution >= 0.6 is 12.2 Å².